The molecule has 1 aliphatic rings. The first kappa shape index (κ1) is 24.1. The number of aliphatic imine (C=N–C) groups is 1. The number of para-hydroxylation sites is 3. The molecule has 1 atom stereocenters. The standard InChI is InChI=1S/C23H32N4O2.HI/c1-4-24-23(26-16-19-9-5-7-11-21(19)28-2)25-15-18-13-14-27(17-18)20-10-6-8-12-22(20)29-3;/h5-12,18H,4,13-17H2,1-3H3,(H2,24,25,26);1H. The number of anilines is 1. The van der Waals surface area contributed by atoms with E-state index in [2.05, 4.69) is 34.6 Å². The van der Waals surface area contributed by atoms with Crippen molar-refractivity contribution in [3.8, 4) is 11.5 Å². The van der Waals surface area contributed by atoms with Gasteiger partial charge >= 0.3 is 0 Å². The summed E-state index contributed by atoms with van der Waals surface area (Å²) in [6.07, 6.45) is 1.15. The third-order valence-electron chi connectivity index (χ3n) is 5.21. The van der Waals surface area contributed by atoms with E-state index in [-0.39, 0.29) is 24.0 Å². The zero-order valence-corrected chi connectivity index (χ0v) is 20.4. The zero-order chi connectivity index (χ0) is 20.5. The molecular weight excluding hydrogens is 491 g/mol. The summed E-state index contributed by atoms with van der Waals surface area (Å²) in [6.45, 7) is 6.44. The molecule has 0 amide bonds. The van der Waals surface area contributed by atoms with Crippen molar-refractivity contribution in [2.45, 2.75) is 19.9 Å². The number of nitrogens with zero attached hydrogens (tertiary/aromatic N) is 2. The van der Waals surface area contributed by atoms with E-state index in [0.717, 1.165) is 55.6 Å². The van der Waals surface area contributed by atoms with Crippen molar-refractivity contribution >= 4 is 35.6 Å². The van der Waals surface area contributed by atoms with E-state index in [1.54, 1.807) is 14.2 Å². The maximum atomic E-state index is 5.52. The Labute approximate surface area is 197 Å². The SMILES string of the molecule is CCNC(=NCc1ccccc1OC)NCC1CCN(c2ccccc2OC)C1.I. The molecule has 164 valence electrons. The number of guanidine groups is 1. The second-order valence-electron chi connectivity index (χ2n) is 7.16. The molecule has 0 spiro atoms. The number of methoxy groups -OCH3 is 2. The van der Waals surface area contributed by atoms with Gasteiger partial charge in [-0.05, 0) is 37.5 Å². The highest BCUT2D eigenvalue weighted by molar-refractivity contribution is 14.0. The molecule has 0 aromatic heterocycles. The minimum atomic E-state index is 0. The second kappa shape index (κ2) is 12.5. The average molecular weight is 524 g/mol. The van der Waals surface area contributed by atoms with Crippen molar-refractivity contribution < 1.29 is 9.47 Å². The van der Waals surface area contributed by atoms with Gasteiger partial charge in [-0.2, -0.15) is 0 Å². The number of halogens is 1. The monoisotopic (exact) mass is 524 g/mol. The van der Waals surface area contributed by atoms with E-state index in [4.69, 9.17) is 14.5 Å². The van der Waals surface area contributed by atoms with E-state index in [1.807, 2.05) is 36.4 Å². The van der Waals surface area contributed by atoms with Crippen LogP contribution in [0, 0.1) is 5.92 Å². The maximum Gasteiger partial charge on any atom is 0.191 e. The van der Waals surface area contributed by atoms with Gasteiger partial charge in [0.25, 0.3) is 0 Å². The molecule has 0 saturated carbocycles. The van der Waals surface area contributed by atoms with E-state index in [0.29, 0.717) is 12.5 Å². The zero-order valence-electron chi connectivity index (χ0n) is 18.1. The van der Waals surface area contributed by atoms with Crippen LogP contribution in [-0.2, 0) is 6.54 Å². The Balaban J connectivity index is 0.00000320. The van der Waals surface area contributed by atoms with Crippen molar-refractivity contribution in [3.63, 3.8) is 0 Å². The van der Waals surface area contributed by atoms with Crippen LogP contribution in [0.25, 0.3) is 0 Å². The van der Waals surface area contributed by atoms with Crippen LogP contribution >= 0.6 is 24.0 Å². The van der Waals surface area contributed by atoms with Crippen molar-refractivity contribution in [1.29, 1.82) is 0 Å². The number of ether oxygens (including phenoxy) is 2. The van der Waals surface area contributed by atoms with E-state index in [9.17, 15) is 0 Å². The molecule has 0 bridgehead atoms. The van der Waals surface area contributed by atoms with Gasteiger partial charge in [-0.3, -0.25) is 0 Å². The Morgan fingerprint density at radius 2 is 1.73 bits per heavy atom. The first-order chi connectivity index (χ1) is 14.2. The van der Waals surface area contributed by atoms with Gasteiger partial charge in [0.2, 0.25) is 0 Å². The van der Waals surface area contributed by atoms with Gasteiger partial charge in [0.15, 0.2) is 5.96 Å². The van der Waals surface area contributed by atoms with Gasteiger partial charge in [0.05, 0.1) is 26.5 Å². The summed E-state index contributed by atoms with van der Waals surface area (Å²) in [6, 6.07) is 16.2. The van der Waals surface area contributed by atoms with Crippen LogP contribution in [0.4, 0.5) is 5.69 Å². The summed E-state index contributed by atoms with van der Waals surface area (Å²) < 4.78 is 10.9. The number of hydrogen-bond acceptors (Lipinski definition) is 4. The lowest BCUT2D eigenvalue weighted by Gasteiger charge is -2.21. The summed E-state index contributed by atoms with van der Waals surface area (Å²) in [4.78, 5) is 7.15. The predicted octanol–water partition coefficient (Wildman–Crippen LogP) is 3.90. The van der Waals surface area contributed by atoms with Gasteiger partial charge in [0, 0.05) is 31.7 Å². The highest BCUT2D eigenvalue weighted by atomic mass is 127. The van der Waals surface area contributed by atoms with Crippen LogP contribution in [0.2, 0.25) is 0 Å². The number of nitrogens with one attached hydrogen (secondary N) is 2. The Kier molecular flexibility index (Phi) is 10.1. The molecule has 1 saturated heterocycles. The molecule has 0 aliphatic carbocycles. The Morgan fingerprint density at radius 3 is 2.47 bits per heavy atom. The van der Waals surface area contributed by atoms with Gasteiger partial charge < -0.3 is 25.0 Å². The molecule has 1 fully saturated rings. The molecule has 1 heterocycles. The summed E-state index contributed by atoms with van der Waals surface area (Å²) >= 11 is 0. The smallest absolute Gasteiger partial charge is 0.191 e. The molecular formula is C23H33IN4O2. The van der Waals surface area contributed by atoms with Crippen LogP contribution in [0.15, 0.2) is 53.5 Å². The summed E-state index contributed by atoms with van der Waals surface area (Å²) in [5, 5.41) is 6.85. The van der Waals surface area contributed by atoms with Crippen molar-refractivity contribution in [2.75, 3.05) is 45.3 Å². The largest absolute Gasteiger partial charge is 0.496 e. The highest BCUT2D eigenvalue weighted by Crippen LogP contribution is 2.31. The molecule has 3 rings (SSSR count). The number of benzene rings is 2. The minimum absolute atomic E-state index is 0. The third-order valence-corrected chi connectivity index (χ3v) is 5.21. The molecule has 7 heteroatoms. The molecule has 2 N–H and O–H groups in total. The Hall–Kier alpha value is -2.16. The first-order valence-corrected chi connectivity index (χ1v) is 10.3. The first-order valence-electron chi connectivity index (χ1n) is 10.3. The van der Waals surface area contributed by atoms with Crippen molar-refractivity contribution in [1.82, 2.24) is 10.6 Å². The topological polar surface area (TPSA) is 58.1 Å². The average Bonchev–Trinajstić information content (AvgIpc) is 3.24. The highest BCUT2D eigenvalue weighted by Gasteiger charge is 2.24. The lowest BCUT2D eigenvalue weighted by Crippen LogP contribution is -2.40. The molecule has 30 heavy (non-hydrogen) atoms. The molecule has 1 aliphatic heterocycles. The maximum absolute atomic E-state index is 5.52. The van der Waals surface area contributed by atoms with Gasteiger partial charge in [-0.1, -0.05) is 30.3 Å². The van der Waals surface area contributed by atoms with E-state index in [1.165, 1.54) is 5.69 Å². The Bertz CT molecular complexity index is 815. The second-order valence-corrected chi connectivity index (χ2v) is 7.16. The molecule has 0 radical (unpaired) electrons. The quantitative estimate of drug-likeness (QED) is 0.312. The fraction of sp³-hybridized carbons (Fsp3) is 0.435. The molecule has 2 aromatic rings. The van der Waals surface area contributed by atoms with Gasteiger partial charge in [0.1, 0.15) is 11.5 Å². The molecule has 1 unspecified atom stereocenters. The molecule has 6 nitrogen and oxygen atoms in total. The summed E-state index contributed by atoms with van der Waals surface area (Å²) in [5.74, 6) is 3.22. The summed E-state index contributed by atoms with van der Waals surface area (Å²) in [7, 11) is 3.43. The lowest BCUT2D eigenvalue weighted by atomic mass is 10.1. The van der Waals surface area contributed by atoms with Crippen LogP contribution in [-0.4, -0.2) is 46.4 Å². The van der Waals surface area contributed by atoms with E-state index >= 15 is 0 Å². The van der Waals surface area contributed by atoms with Crippen molar-refractivity contribution in [3.05, 3.63) is 54.1 Å². The Morgan fingerprint density at radius 1 is 1.03 bits per heavy atom. The van der Waals surface area contributed by atoms with Crippen LogP contribution < -0.4 is 25.0 Å². The van der Waals surface area contributed by atoms with E-state index < -0.39 is 0 Å². The van der Waals surface area contributed by atoms with Crippen LogP contribution in [0.5, 0.6) is 11.5 Å². The number of rotatable bonds is 8. The number of hydrogen-bond donors (Lipinski definition) is 2. The van der Waals surface area contributed by atoms with Crippen molar-refractivity contribution in [2.24, 2.45) is 10.9 Å². The lowest BCUT2D eigenvalue weighted by molar-refractivity contribution is 0.410. The van der Waals surface area contributed by atoms with Gasteiger partial charge in [-0.25, -0.2) is 4.99 Å². The summed E-state index contributed by atoms with van der Waals surface area (Å²) in [5.41, 5.74) is 2.25. The van der Waals surface area contributed by atoms with Crippen LogP contribution in [0.1, 0.15) is 18.9 Å². The molecule has 2 aromatic carbocycles. The minimum Gasteiger partial charge on any atom is -0.496 e. The normalized spacial score (nSPS) is 16.0. The van der Waals surface area contributed by atoms with Gasteiger partial charge in [-0.15, -0.1) is 24.0 Å². The fourth-order valence-electron chi connectivity index (χ4n) is 3.69. The fourth-order valence-corrected chi connectivity index (χ4v) is 3.69. The predicted molar refractivity (Wildman–Crippen MR) is 135 cm³/mol. The third kappa shape index (κ3) is 6.42. The van der Waals surface area contributed by atoms with Crippen LogP contribution in [0.3, 0.4) is 0 Å².